The summed E-state index contributed by atoms with van der Waals surface area (Å²) in [6, 6.07) is 8.57. The summed E-state index contributed by atoms with van der Waals surface area (Å²) in [7, 11) is 0. The van der Waals surface area contributed by atoms with Gasteiger partial charge < -0.3 is 5.11 Å². The maximum Gasteiger partial charge on any atom is 0.119 e. The SMILES string of the molecule is OC1=CCc2ccc3c4c(ccc1c24)CC=C3. The molecule has 2 aliphatic rings. The first-order valence-electron chi connectivity index (χ1n) is 5.98. The van der Waals surface area contributed by atoms with Crippen LogP contribution in [0.4, 0.5) is 0 Å². The number of aliphatic hydroxyl groups excluding tert-OH is 1. The van der Waals surface area contributed by atoms with Crippen molar-refractivity contribution in [2.45, 2.75) is 12.8 Å². The van der Waals surface area contributed by atoms with E-state index in [0.717, 1.165) is 18.4 Å². The van der Waals surface area contributed by atoms with Crippen molar-refractivity contribution < 1.29 is 5.11 Å². The molecule has 0 bridgehead atoms. The van der Waals surface area contributed by atoms with Gasteiger partial charge >= 0.3 is 0 Å². The lowest BCUT2D eigenvalue weighted by Gasteiger charge is -2.20. The smallest absolute Gasteiger partial charge is 0.119 e. The predicted octanol–water partition coefficient (Wildman–Crippen LogP) is 3.86. The fourth-order valence-corrected chi connectivity index (χ4v) is 2.99. The molecule has 0 fully saturated rings. The number of hydrogen-bond donors (Lipinski definition) is 1. The van der Waals surface area contributed by atoms with Crippen LogP contribution in [0.5, 0.6) is 0 Å². The van der Waals surface area contributed by atoms with E-state index in [4.69, 9.17) is 0 Å². The molecule has 0 amide bonds. The molecule has 17 heavy (non-hydrogen) atoms. The van der Waals surface area contributed by atoms with E-state index in [1.165, 1.54) is 27.5 Å². The van der Waals surface area contributed by atoms with Crippen LogP contribution in [-0.2, 0) is 12.8 Å². The third kappa shape index (κ3) is 1.09. The second kappa shape index (κ2) is 3.01. The number of benzene rings is 2. The van der Waals surface area contributed by atoms with Gasteiger partial charge in [-0.3, -0.25) is 0 Å². The number of allylic oxidation sites excluding steroid dienone is 2. The Labute approximate surface area is 99.7 Å². The minimum atomic E-state index is 0.427. The molecule has 0 spiro atoms. The van der Waals surface area contributed by atoms with Gasteiger partial charge in [-0.05, 0) is 46.4 Å². The number of hydrogen-bond acceptors (Lipinski definition) is 1. The standard InChI is InChI=1S/C16H12O/c17-14-9-7-12-5-4-10-2-1-3-11-6-8-13(14)16(12)15(10)11/h1-2,4-6,8-9,17H,3,7H2. The highest BCUT2D eigenvalue weighted by Gasteiger charge is 2.18. The largest absolute Gasteiger partial charge is 0.508 e. The third-order valence-corrected chi connectivity index (χ3v) is 3.79. The van der Waals surface area contributed by atoms with Crippen LogP contribution >= 0.6 is 0 Å². The summed E-state index contributed by atoms with van der Waals surface area (Å²) in [5, 5.41) is 12.6. The van der Waals surface area contributed by atoms with E-state index in [1.54, 1.807) is 0 Å². The van der Waals surface area contributed by atoms with Gasteiger partial charge in [-0.1, -0.05) is 36.4 Å². The first-order valence-corrected chi connectivity index (χ1v) is 5.98. The quantitative estimate of drug-likeness (QED) is 0.714. The molecule has 2 aliphatic carbocycles. The minimum Gasteiger partial charge on any atom is -0.508 e. The second-order valence-corrected chi connectivity index (χ2v) is 4.74. The molecule has 0 aromatic heterocycles. The summed E-state index contributed by atoms with van der Waals surface area (Å²) in [6.45, 7) is 0. The molecule has 1 N–H and O–H groups in total. The van der Waals surface area contributed by atoms with Crippen molar-refractivity contribution in [1.29, 1.82) is 0 Å². The number of rotatable bonds is 0. The zero-order valence-electron chi connectivity index (χ0n) is 9.40. The van der Waals surface area contributed by atoms with Crippen molar-refractivity contribution in [3.63, 3.8) is 0 Å². The summed E-state index contributed by atoms with van der Waals surface area (Å²) < 4.78 is 0. The molecule has 1 nitrogen and oxygen atoms in total. The van der Waals surface area contributed by atoms with Crippen LogP contribution in [0.25, 0.3) is 22.6 Å². The van der Waals surface area contributed by atoms with Gasteiger partial charge in [0.1, 0.15) is 5.76 Å². The molecule has 1 heteroatoms. The van der Waals surface area contributed by atoms with Gasteiger partial charge in [-0.15, -0.1) is 0 Å². The summed E-state index contributed by atoms with van der Waals surface area (Å²) in [5.41, 5.74) is 4.97. The van der Waals surface area contributed by atoms with Crippen molar-refractivity contribution in [1.82, 2.24) is 0 Å². The molecule has 0 atom stereocenters. The van der Waals surface area contributed by atoms with Crippen molar-refractivity contribution in [2.75, 3.05) is 0 Å². The Kier molecular flexibility index (Phi) is 1.60. The van der Waals surface area contributed by atoms with Gasteiger partial charge in [-0.2, -0.15) is 0 Å². The minimum absolute atomic E-state index is 0.427. The van der Waals surface area contributed by atoms with Crippen LogP contribution in [0, 0.1) is 0 Å². The van der Waals surface area contributed by atoms with Crippen molar-refractivity contribution >= 4 is 22.6 Å². The molecule has 0 aliphatic heterocycles. The highest BCUT2D eigenvalue weighted by atomic mass is 16.3. The van der Waals surface area contributed by atoms with Crippen LogP contribution < -0.4 is 0 Å². The Bertz CT molecular complexity index is 705. The molecule has 4 rings (SSSR count). The van der Waals surface area contributed by atoms with Gasteiger partial charge in [0.25, 0.3) is 0 Å². The first-order chi connectivity index (χ1) is 8.34. The molecule has 82 valence electrons. The van der Waals surface area contributed by atoms with Crippen LogP contribution in [-0.4, -0.2) is 5.11 Å². The molecular formula is C16H12O. The summed E-state index contributed by atoms with van der Waals surface area (Å²) >= 11 is 0. The van der Waals surface area contributed by atoms with Gasteiger partial charge in [0.05, 0.1) is 0 Å². The highest BCUT2D eigenvalue weighted by Crippen LogP contribution is 2.37. The average molecular weight is 220 g/mol. The zero-order chi connectivity index (χ0) is 11.4. The van der Waals surface area contributed by atoms with E-state index in [2.05, 4.69) is 36.4 Å². The summed E-state index contributed by atoms with van der Waals surface area (Å²) in [4.78, 5) is 0. The highest BCUT2D eigenvalue weighted by molar-refractivity contribution is 6.03. The maximum absolute atomic E-state index is 9.99. The topological polar surface area (TPSA) is 20.2 Å². The van der Waals surface area contributed by atoms with Crippen LogP contribution in [0.1, 0.15) is 22.3 Å². The molecule has 0 radical (unpaired) electrons. The van der Waals surface area contributed by atoms with Crippen molar-refractivity contribution in [3.8, 4) is 0 Å². The summed E-state index contributed by atoms with van der Waals surface area (Å²) in [5.74, 6) is 0.427. The van der Waals surface area contributed by atoms with Gasteiger partial charge in [0, 0.05) is 5.56 Å². The molecule has 0 heterocycles. The lowest BCUT2D eigenvalue weighted by molar-refractivity contribution is 0.510. The summed E-state index contributed by atoms with van der Waals surface area (Å²) in [6.07, 6.45) is 8.13. The van der Waals surface area contributed by atoms with E-state index < -0.39 is 0 Å². The Morgan fingerprint density at radius 3 is 2.65 bits per heavy atom. The fourth-order valence-electron chi connectivity index (χ4n) is 2.99. The van der Waals surface area contributed by atoms with Crippen LogP contribution in [0.2, 0.25) is 0 Å². The fraction of sp³-hybridized carbons (Fsp3) is 0.125. The van der Waals surface area contributed by atoms with E-state index in [-0.39, 0.29) is 0 Å². The van der Waals surface area contributed by atoms with Crippen LogP contribution in [0.15, 0.2) is 36.4 Å². The van der Waals surface area contributed by atoms with Crippen LogP contribution in [0.3, 0.4) is 0 Å². The van der Waals surface area contributed by atoms with E-state index in [0.29, 0.717) is 5.76 Å². The zero-order valence-corrected chi connectivity index (χ0v) is 9.40. The molecule has 2 aromatic carbocycles. The molecule has 2 aromatic rings. The van der Waals surface area contributed by atoms with E-state index in [1.807, 2.05) is 6.08 Å². The Hall–Kier alpha value is -2.02. The first kappa shape index (κ1) is 9.06. The average Bonchev–Trinajstić information content (AvgIpc) is 2.38. The van der Waals surface area contributed by atoms with Crippen molar-refractivity contribution in [3.05, 3.63) is 58.7 Å². The maximum atomic E-state index is 9.99. The van der Waals surface area contributed by atoms with Crippen molar-refractivity contribution in [2.24, 2.45) is 0 Å². The lowest BCUT2D eigenvalue weighted by Crippen LogP contribution is -2.02. The molecule has 0 unspecified atom stereocenters. The normalized spacial score (nSPS) is 16.1. The molecule has 0 saturated carbocycles. The predicted molar refractivity (Wildman–Crippen MR) is 71.0 cm³/mol. The monoisotopic (exact) mass is 220 g/mol. The Morgan fingerprint density at radius 1 is 0.882 bits per heavy atom. The second-order valence-electron chi connectivity index (χ2n) is 4.74. The van der Waals surface area contributed by atoms with E-state index >= 15 is 0 Å². The third-order valence-electron chi connectivity index (χ3n) is 3.79. The Balaban J connectivity index is 2.27. The van der Waals surface area contributed by atoms with Gasteiger partial charge in [0.15, 0.2) is 0 Å². The molecular weight excluding hydrogens is 208 g/mol. The lowest BCUT2D eigenvalue weighted by atomic mass is 9.84. The van der Waals surface area contributed by atoms with E-state index in [9.17, 15) is 5.11 Å². The van der Waals surface area contributed by atoms with Gasteiger partial charge in [0.2, 0.25) is 0 Å². The number of aliphatic hydroxyl groups is 1. The Morgan fingerprint density at radius 2 is 1.71 bits per heavy atom. The molecule has 0 saturated heterocycles. The van der Waals surface area contributed by atoms with Gasteiger partial charge in [-0.25, -0.2) is 0 Å².